The zero-order valence-electron chi connectivity index (χ0n) is 16.3. The van der Waals surface area contributed by atoms with Crippen LogP contribution in [0.5, 0.6) is 5.75 Å². The summed E-state index contributed by atoms with van der Waals surface area (Å²) >= 11 is 0. The molecule has 3 rings (SSSR count). The molecule has 0 spiro atoms. The molecular weight excluding hydrogens is 362 g/mol. The zero-order valence-corrected chi connectivity index (χ0v) is 16.3. The second kappa shape index (κ2) is 9.18. The molecule has 2 atom stereocenters. The molecule has 28 heavy (non-hydrogen) atoms. The highest BCUT2D eigenvalue weighted by atomic mass is 19.2. The Balaban J connectivity index is 1.72. The molecule has 5 heteroatoms. The van der Waals surface area contributed by atoms with Gasteiger partial charge in [-0.1, -0.05) is 50.6 Å². The minimum atomic E-state index is -1.05. The van der Waals surface area contributed by atoms with Crippen LogP contribution in [0.4, 0.5) is 8.78 Å². The van der Waals surface area contributed by atoms with E-state index in [2.05, 4.69) is 6.92 Å². The van der Waals surface area contributed by atoms with Crippen molar-refractivity contribution >= 4 is 5.97 Å². The maximum atomic E-state index is 14.5. The number of halogens is 2. The van der Waals surface area contributed by atoms with Crippen LogP contribution in [0.3, 0.4) is 0 Å². The Morgan fingerprint density at radius 2 is 1.75 bits per heavy atom. The summed E-state index contributed by atoms with van der Waals surface area (Å²) in [5, 5.41) is 0. The molecule has 0 aromatic heterocycles. The van der Waals surface area contributed by atoms with Crippen molar-refractivity contribution in [3.8, 4) is 5.75 Å². The van der Waals surface area contributed by atoms with E-state index < -0.39 is 23.5 Å². The Morgan fingerprint density at radius 1 is 1.00 bits per heavy atom. The highest BCUT2D eigenvalue weighted by Gasteiger charge is 2.34. The number of ether oxygens (including phenoxy) is 2. The predicted octanol–water partition coefficient (Wildman–Crippen LogP) is 5.87. The second-order valence-corrected chi connectivity index (χ2v) is 7.18. The van der Waals surface area contributed by atoms with Crippen molar-refractivity contribution in [2.45, 2.75) is 58.0 Å². The standard InChI is InChI=1S/C23H26F2O3/c1-3-5-15-6-8-16(9-7-15)19-12-11-18(23(26)28-19)17-10-13-20(27-14-4-2)22(25)21(17)24/h6-10,13,18-19H,3-5,11-12,14H2,1-2H3. The quantitative estimate of drug-likeness (QED) is 0.557. The van der Waals surface area contributed by atoms with Gasteiger partial charge in [0.15, 0.2) is 11.6 Å². The van der Waals surface area contributed by atoms with Crippen molar-refractivity contribution in [2.24, 2.45) is 0 Å². The smallest absolute Gasteiger partial charge is 0.314 e. The van der Waals surface area contributed by atoms with Crippen LogP contribution < -0.4 is 4.74 Å². The Bertz CT molecular complexity index is 817. The van der Waals surface area contributed by atoms with Gasteiger partial charge >= 0.3 is 5.97 Å². The van der Waals surface area contributed by atoms with Gasteiger partial charge in [-0.25, -0.2) is 4.39 Å². The molecule has 2 aromatic rings. The maximum Gasteiger partial charge on any atom is 0.314 e. The fraction of sp³-hybridized carbons (Fsp3) is 0.435. The van der Waals surface area contributed by atoms with Crippen LogP contribution in [0.2, 0.25) is 0 Å². The van der Waals surface area contributed by atoms with Crippen LogP contribution in [-0.4, -0.2) is 12.6 Å². The van der Waals surface area contributed by atoms with Crippen molar-refractivity contribution in [2.75, 3.05) is 6.61 Å². The molecule has 1 heterocycles. The summed E-state index contributed by atoms with van der Waals surface area (Å²) in [6.07, 6.45) is 3.40. The van der Waals surface area contributed by atoms with Crippen LogP contribution in [0.15, 0.2) is 36.4 Å². The molecular formula is C23H26F2O3. The molecule has 0 aliphatic carbocycles. The van der Waals surface area contributed by atoms with Crippen LogP contribution in [0, 0.1) is 11.6 Å². The molecule has 0 amide bonds. The molecule has 2 aromatic carbocycles. The predicted molar refractivity (Wildman–Crippen MR) is 103 cm³/mol. The fourth-order valence-corrected chi connectivity index (χ4v) is 3.56. The first-order chi connectivity index (χ1) is 13.5. The summed E-state index contributed by atoms with van der Waals surface area (Å²) < 4.78 is 39.6. The first-order valence-electron chi connectivity index (χ1n) is 9.95. The number of esters is 1. The van der Waals surface area contributed by atoms with Crippen LogP contribution in [0.25, 0.3) is 0 Å². The van der Waals surface area contributed by atoms with Gasteiger partial charge in [0, 0.05) is 5.56 Å². The van der Waals surface area contributed by atoms with Gasteiger partial charge in [0.2, 0.25) is 5.82 Å². The molecule has 3 nitrogen and oxygen atoms in total. The van der Waals surface area contributed by atoms with Gasteiger partial charge < -0.3 is 9.47 Å². The third kappa shape index (κ3) is 4.34. The summed E-state index contributed by atoms with van der Waals surface area (Å²) in [7, 11) is 0. The van der Waals surface area contributed by atoms with E-state index in [4.69, 9.17) is 9.47 Å². The van der Waals surface area contributed by atoms with Gasteiger partial charge in [-0.15, -0.1) is 0 Å². The molecule has 0 N–H and O–H groups in total. The number of hydrogen-bond acceptors (Lipinski definition) is 3. The molecule has 0 radical (unpaired) electrons. The monoisotopic (exact) mass is 388 g/mol. The summed E-state index contributed by atoms with van der Waals surface area (Å²) in [4.78, 5) is 12.5. The molecule has 0 bridgehead atoms. The Morgan fingerprint density at radius 3 is 2.39 bits per heavy atom. The number of cyclic esters (lactones) is 1. The Hall–Kier alpha value is -2.43. The van der Waals surface area contributed by atoms with E-state index in [1.165, 1.54) is 17.7 Å². The summed E-state index contributed by atoms with van der Waals surface area (Å²) in [6, 6.07) is 10.9. The number of hydrogen-bond donors (Lipinski definition) is 0. The zero-order chi connectivity index (χ0) is 20.1. The minimum absolute atomic E-state index is 0.0306. The lowest BCUT2D eigenvalue weighted by atomic mass is 9.88. The van der Waals surface area contributed by atoms with E-state index in [-0.39, 0.29) is 17.4 Å². The molecule has 1 aliphatic rings. The van der Waals surface area contributed by atoms with Crippen molar-refractivity contribution in [1.82, 2.24) is 0 Å². The first-order valence-corrected chi connectivity index (χ1v) is 9.95. The van der Waals surface area contributed by atoms with E-state index in [0.29, 0.717) is 25.9 Å². The van der Waals surface area contributed by atoms with E-state index in [9.17, 15) is 13.6 Å². The lowest BCUT2D eigenvalue weighted by molar-refractivity contribution is -0.156. The molecule has 0 saturated carbocycles. The number of rotatable bonds is 7. The van der Waals surface area contributed by atoms with Gasteiger partial charge in [0.05, 0.1) is 12.5 Å². The maximum absolute atomic E-state index is 14.5. The van der Waals surface area contributed by atoms with Crippen LogP contribution in [0.1, 0.15) is 68.2 Å². The number of benzene rings is 2. The van der Waals surface area contributed by atoms with Gasteiger partial charge in [0.25, 0.3) is 0 Å². The highest BCUT2D eigenvalue weighted by Crippen LogP contribution is 2.38. The molecule has 1 fully saturated rings. The van der Waals surface area contributed by atoms with Crippen molar-refractivity contribution < 1.29 is 23.0 Å². The fourth-order valence-electron chi connectivity index (χ4n) is 3.56. The normalized spacial score (nSPS) is 19.4. The van der Waals surface area contributed by atoms with Gasteiger partial charge in [-0.3, -0.25) is 4.79 Å². The van der Waals surface area contributed by atoms with E-state index in [1.807, 2.05) is 31.2 Å². The average Bonchev–Trinajstić information content (AvgIpc) is 2.70. The minimum Gasteiger partial charge on any atom is -0.490 e. The third-order valence-corrected chi connectivity index (χ3v) is 5.06. The lowest BCUT2D eigenvalue weighted by Crippen LogP contribution is -2.26. The largest absolute Gasteiger partial charge is 0.490 e. The molecule has 150 valence electrons. The molecule has 2 unspecified atom stereocenters. The van der Waals surface area contributed by atoms with Gasteiger partial charge in [0.1, 0.15) is 6.10 Å². The average molecular weight is 388 g/mol. The summed E-state index contributed by atoms with van der Waals surface area (Å²) in [6.45, 7) is 4.32. The summed E-state index contributed by atoms with van der Waals surface area (Å²) in [5.41, 5.74) is 2.21. The van der Waals surface area contributed by atoms with Gasteiger partial charge in [-0.05, 0) is 42.9 Å². The first kappa shape index (κ1) is 20.3. The van der Waals surface area contributed by atoms with Crippen molar-refractivity contribution in [1.29, 1.82) is 0 Å². The van der Waals surface area contributed by atoms with Crippen molar-refractivity contribution in [3.05, 3.63) is 64.7 Å². The van der Waals surface area contributed by atoms with E-state index in [0.717, 1.165) is 18.4 Å². The number of carbonyl (C=O) groups excluding carboxylic acids is 1. The molecule has 1 aliphatic heterocycles. The van der Waals surface area contributed by atoms with E-state index in [1.54, 1.807) is 0 Å². The van der Waals surface area contributed by atoms with Gasteiger partial charge in [-0.2, -0.15) is 4.39 Å². The topological polar surface area (TPSA) is 35.5 Å². The Kier molecular flexibility index (Phi) is 6.65. The summed E-state index contributed by atoms with van der Waals surface area (Å²) in [5.74, 6) is -3.53. The highest BCUT2D eigenvalue weighted by molar-refractivity contribution is 5.79. The third-order valence-electron chi connectivity index (χ3n) is 5.06. The van der Waals surface area contributed by atoms with Crippen LogP contribution >= 0.6 is 0 Å². The molecule has 1 saturated heterocycles. The number of carbonyl (C=O) groups is 1. The number of aryl methyl sites for hydroxylation is 1. The van der Waals surface area contributed by atoms with E-state index >= 15 is 0 Å². The SMILES string of the molecule is CCCOc1ccc(C2CCC(c3ccc(CCC)cc3)OC2=O)c(F)c1F. The van der Waals surface area contributed by atoms with Crippen molar-refractivity contribution in [3.63, 3.8) is 0 Å². The Labute approximate surface area is 164 Å². The van der Waals surface area contributed by atoms with Crippen LogP contribution in [-0.2, 0) is 16.0 Å². The lowest BCUT2D eigenvalue weighted by Gasteiger charge is -2.29. The second-order valence-electron chi connectivity index (χ2n) is 7.18.